The second kappa shape index (κ2) is 5.74. The zero-order valence-corrected chi connectivity index (χ0v) is 11.3. The molecule has 19 heavy (non-hydrogen) atoms. The molecule has 0 unspecified atom stereocenters. The Hall–Kier alpha value is -1.35. The van der Waals surface area contributed by atoms with E-state index in [1.54, 1.807) is 0 Å². The first-order valence-electron chi connectivity index (χ1n) is 7.35. The molecule has 1 aromatic rings. The number of hydrogen-bond donors (Lipinski definition) is 2. The summed E-state index contributed by atoms with van der Waals surface area (Å²) in [5.74, 6) is 1.80. The highest BCUT2D eigenvalue weighted by atomic mass is 16.2. The Morgan fingerprint density at radius 1 is 1.16 bits per heavy atom. The van der Waals surface area contributed by atoms with E-state index < -0.39 is 0 Å². The lowest BCUT2D eigenvalue weighted by Crippen LogP contribution is -2.33. The summed E-state index contributed by atoms with van der Waals surface area (Å²) in [4.78, 5) is 11.7. The van der Waals surface area contributed by atoms with Crippen LogP contribution in [-0.4, -0.2) is 25.5 Å². The smallest absolute Gasteiger partial charge is 0.223 e. The van der Waals surface area contributed by atoms with Crippen LogP contribution < -0.4 is 10.6 Å². The third-order valence-electron chi connectivity index (χ3n) is 4.31. The van der Waals surface area contributed by atoms with Gasteiger partial charge in [-0.05, 0) is 49.8 Å². The van der Waals surface area contributed by atoms with E-state index in [0.717, 1.165) is 38.9 Å². The van der Waals surface area contributed by atoms with Crippen molar-refractivity contribution in [3.63, 3.8) is 0 Å². The van der Waals surface area contributed by atoms with Gasteiger partial charge in [-0.15, -0.1) is 0 Å². The van der Waals surface area contributed by atoms with Gasteiger partial charge in [-0.3, -0.25) is 4.79 Å². The van der Waals surface area contributed by atoms with Gasteiger partial charge in [0.2, 0.25) is 5.91 Å². The lowest BCUT2D eigenvalue weighted by atomic mass is 9.89. The van der Waals surface area contributed by atoms with E-state index in [9.17, 15) is 4.79 Å². The van der Waals surface area contributed by atoms with E-state index in [4.69, 9.17) is 0 Å². The number of hydrogen-bond acceptors (Lipinski definition) is 2. The number of rotatable bonds is 5. The fourth-order valence-corrected chi connectivity index (χ4v) is 2.90. The summed E-state index contributed by atoms with van der Waals surface area (Å²) in [5.41, 5.74) is 1.40. The molecule has 2 N–H and O–H groups in total. The van der Waals surface area contributed by atoms with E-state index in [-0.39, 0.29) is 5.91 Å². The first kappa shape index (κ1) is 12.7. The molecule has 3 rings (SSSR count). The molecule has 1 saturated carbocycles. The third-order valence-corrected chi connectivity index (χ3v) is 4.31. The molecule has 2 atom stereocenters. The summed E-state index contributed by atoms with van der Waals surface area (Å²) in [7, 11) is 0. The van der Waals surface area contributed by atoms with E-state index in [1.165, 1.54) is 5.56 Å². The quantitative estimate of drug-likeness (QED) is 0.842. The minimum atomic E-state index is 0.269. The summed E-state index contributed by atoms with van der Waals surface area (Å²) in [6.45, 7) is 2.93. The van der Waals surface area contributed by atoms with E-state index >= 15 is 0 Å². The second-order valence-corrected chi connectivity index (χ2v) is 5.89. The zero-order valence-electron chi connectivity index (χ0n) is 11.3. The Balaban J connectivity index is 1.51. The van der Waals surface area contributed by atoms with Gasteiger partial charge in [0.1, 0.15) is 0 Å². The van der Waals surface area contributed by atoms with Crippen LogP contribution in [0.25, 0.3) is 0 Å². The summed E-state index contributed by atoms with van der Waals surface area (Å²) in [6, 6.07) is 10.6. The molecule has 3 heteroatoms. The molecule has 3 nitrogen and oxygen atoms in total. The van der Waals surface area contributed by atoms with E-state index in [2.05, 4.69) is 41.0 Å². The molecule has 1 amide bonds. The molecule has 1 aromatic carbocycles. The van der Waals surface area contributed by atoms with Crippen molar-refractivity contribution in [3.05, 3.63) is 35.9 Å². The molecule has 1 saturated heterocycles. The molecule has 0 bridgehead atoms. The maximum Gasteiger partial charge on any atom is 0.223 e. The molecule has 1 heterocycles. The predicted octanol–water partition coefficient (Wildman–Crippen LogP) is 1.59. The monoisotopic (exact) mass is 258 g/mol. The van der Waals surface area contributed by atoms with Crippen LogP contribution in [0.15, 0.2) is 30.3 Å². The summed E-state index contributed by atoms with van der Waals surface area (Å²) < 4.78 is 0. The van der Waals surface area contributed by atoms with Crippen molar-refractivity contribution >= 4 is 5.91 Å². The maximum absolute atomic E-state index is 11.7. The van der Waals surface area contributed by atoms with Crippen LogP contribution in [0, 0.1) is 17.8 Å². The van der Waals surface area contributed by atoms with Crippen LogP contribution in [0.5, 0.6) is 0 Å². The highest BCUT2D eigenvalue weighted by Gasteiger charge is 2.32. The van der Waals surface area contributed by atoms with Crippen LogP contribution in [0.4, 0.5) is 0 Å². The van der Waals surface area contributed by atoms with Gasteiger partial charge in [0.25, 0.3) is 0 Å². The van der Waals surface area contributed by atoms with Gasteiger partial charge >= 0.3 is 0 Å². The summed E-state index contributed by atoms with van der Waals surface area (Å²) in [6.07, 6.45) is 3.28. The van der Waals surface area contributed by atoms with Crippen molar-refractivity contribution in [3.8, 4) is 0 Å². The predicted molar refractivity (Wildman–Crippen MR) is 75.7 cm³/mol. The first-order chi connectivity index (χ1) is 9.33. The van der Waals surface area contributed by atoms with Crippen LogP contribution in [0.3, 0.4) is 0 Å². The largest absolute Gasteiger partial charge is 0.356 e. The molecule has 102 valence electrons. The van der Waals surface area contributed by atoms with Gasteiger partial charge in [0.15, 0.2) is 0 Å². The highest BCUT2D eigenvalue weighted by Crippen LogP contribution is 2.29. The average molecular weight is 258 g/mol. The minimum absolute atomic E-state index is 0.269. The summed E-state index contributed by atoms with van der Waals surface area (Å²) >= 11 is 0. The molecule has 2 aliphatic rings. The third kappa shape index (κ3) is 3.35. The molecule has 0 spiro atoms. The topological polar surface area (TPSA) is 41.1 Å². The number of carbonyl (C=O) groups is 1. The van der Waals surface area contributed by atoms with Crippen molar-refractivity contribution in [1.29, 1.82) is 0 Å². The normalized spacial score (nSPS) is 26.3. The van der Waals surface area contributed by atoms with Crippen molar-refractivity contribution in [2.45, 2.75) is 19.3 Å². The number of benzene rings is 1. The fraction of sp³-hybridized carbons (Fsp3) is 0.562. The van der Waals surface area contributed by atoms with Crippen LogP contribution in [0.2, 0.25) is 0 Å². The van der Waals surface area contributed by atoms with Gasteiger partial charge in [0.05, 0.1) is 0 Å². The van der Waals surface area contributed by atoms with Crippen molar-refractivity contribution in [2.75, 3.05) is 19.6 Å². The number of carbonyl (C=O) groups excluding carboxylic acids is 1. The Morgan fingerprint density at radius 3 is 2.63 bits per heavy atom. The number of nitrogens with one attached hydrogen (secondary N) is 2. The van der Waals surface area contributed by atoms with Crippen LogP contribution in [0.1, 0.15) is 18.4 Å². The van der Waals surface area contributed by atoms with Crippen molar-refractivity contribution in [1.82, 2.24) is 10.6 Å². The maximum atomic E-state index is 11.7. The highest BCUT2D eigenvalue weighted by molar-refractivity contribution is 5.80. The van der Waals surface area contributed by atoms with Gasteiger partial charge in [-0.1, -0.05) is 30.3 Å². The Morgan fingerprint density at radius 2 is 1.89 bits per heavy atom. The zero-order chi connectivity index (χ0) is 13.1. The van der Waals surface area contributed by atoms with Gasteiger partial charge < -0.3 is 10.6 Å². The molecule has 2 fully saturated rings. The van der Waals surface area contributed by atoms with E-state index in [1.807, 2.05) is 0 Å². The minimum Gasteiger partial charge on any atom is -0.356 e. The average Bonchev–Trinajstić information content (AvgIpc) is 3.20. The Bertz CT molecular complexity index is 428. The molecular formula is C16H22N2O. The lowest BCUT2D eigenvalue weighted by molar-refractivity contribution is -0.122. The molecule has 0 aromatic heterocycles. The molecular weight excluding hydrogens is 236 g/mol. The van der Waals surface area contributed by atoms with Gasteiger partial charge in [0, 0.05) is 12.5 Å². The van der Waals surface area contributed by atoms with Gasteiger partial charge in [-0.2, -0.15) is 0 Å². The lowest BCUT2D eigenvalue weighted by Gasteiger charge is -2.19. The standard InChI is InChI=1S/C16H22N2O/c19-16(13-6-7-13)18-11-15-10-17-9-14(15)8-12-4-2-1-3-5-12/h1-5,13-15,17H,6-11H2,(H,18,19)/t14-,15+/m1/s1. The summed E-state index contributed by atoms with van der Waals surface area (Å²) in [5, 5.41) is 6.58. The first-order valence-corrected chi connectivity index (χ1v) is 7.35. The SMILES string of the molecule is O=C(NC[C@@H]1CNC[C@H]1Cc1ccccc1)C1CC1. The fourth-order valence-electron chi connectivity index (χ4n) is 2.90. The van der Waals surface area contributed by atoms with Crippen LogP contribution in [-0.2, 0) is 11.2 Å². The molecule has 0 radical (unpaired) electrons. The van der Waals surface area contributed by atoms with Crippen molar-refractivity contribution < 1.29 is 4.79 Å². The Labute approximate surface area is 114 Å². The molecule has 1 aliphatic heterocycles. The van der Waals surface area contributed by atoms with E-state index in [0.29, 0.717) is 17.8 Å². The van der Waals surface area contributed by atoms with Crippen LogP contribution >= 0.6 is 0 Å². The Kier molecular flexibility index (Phi) is 3.83. The number of amides is 1. The van der Waals surface area contributed by atoms with Crippen molar-refractivity contribution in [2.24, 2.45) is 17.8 Å². The molecule has 1 aliphatic carbocycles. The van der Waals surface area contributed by atoms with Gasteiger partial charge in [-0.25, -0.2) is 0 Å². The second-order valence-electron chi connectivity index (χ2n) is 5.89.